The van der Waals surface area contributed by atoms with Crippen molar-refractivity contribution in [3.05, 3.63) is 72.1 Å². The summed E-state index contributed by atoms with van der Waals surface area (Å²) in [5.74, 6) is -0.516. The summed E-state index contributed by atoms with van der Waals surface area (Å²) in [4.78, 5) is 17.6. The van der Waals surface area contributed by atoms with Gasteiger partial charge in [-0.25, -0.2) is 4.98 Å². The SMILES string of the molecule is Cc1cc(-c2cnc3c(NCCC(F)(F)F)cc(Sc4ccccc4N)cn23)ccc1C(N)=O. The maximum atomic E-state index is 12.7. The van der Waals surface area contributed by atoms with E-state index < -0.39 is 18.5 Å². The van der Waals surface area contributed by atoms with Crippen molar-refractivity contribution in [2.24, 2.45) is 5.73 Å². The first-order valence-corrected chi connectivity index (χ1v) is 11.2. The molecule has 0 aliphatic carbocycles. The summed E-state index contributed by atoms with van der Waals surface area (Å²) in [5.41, 5.74) is 15.7. The van der Waals surface area contributed by atoms with Gasteiger partial charge in [-0.2, -0.15) is 13.2 Å². The number of nitrogens with one attached hydrogen (secondary N) is 1. The van der Waals surface area contributed by atoms with Crippen molar-refractivity contribution in [1.29, 1.82) is 0 Å². The van der Waals surface area contributed by atoms with Crippen LogP contribution in [0.4, 0.5) is 24.5 Å². The first-order chi connectivity index (χ1) is 16.1. The Morgan fingerprint density at radius 2 is 1.94 bits per heavy atom. The summed E-state index contributed by atoms with van der Waals surface area (Å²) >= 11 is 1.40. The molecule has 2 aromatic carbocycles. The van der Waals surface area contributed by atoms with E-state index in [0.717, 1.165) is 21.0 Å². The van der Waals surface area contributed by atoms with Crippen LogP contribution in [0.25, 0.3) is 16.9 Å². The van der Waals surface area contributed by atoms with Gasteiger partial charge in [0.1, 0.15) is 0 Å². The Balaban J connectivity index is 1.79. The van der Waals surface area contributed by atoms with Gasteiger partial charge in [0.15, 0.2) is 5.65 Å². The average Bonchev–Trinajstić information content (AvgIpc) is 3.18. The number of rotatable bonds is 7. The van der Waals surface area contributed by atoms with Crippen LogP contribution in [0.3, 0.4) is 0 Å². The minimum atomic E-state index is -4.27. The van der Waals surface area contributed by atoms with Gasteiger partial charge in [0, 0.05) is 39.3 Å². The molecule has 0 spiro atoms. The third-order valence-electron chi connectivity index (χ3n) is 5.24. The number of aryl methyl sites for hydroxylation is 1. The summed E-state index contributed by atoms with van der Waals surface area (Å²) in [6.07, 6.45) is -1.73. The first kappa shape index (κ1) is 23.5. The number of para-hydroxylation sites is 1. The highest BCUT2D eigenvalue weighted by Gasteiger charge is 2.26. The van der Waals surface area contributed by atoms with Crippen LogP contribution in [-0.2, 0) is 0 Å². The summed E-state index contributed by atoms with van der Waals surface area (Å²) in [5, 5.41) is 2.88. The Morgan fingerprint density at radius 3 is 2.62 bits per heavy atom. The Kier molecular flexibility index (Phi) is 6.43. The van der Waals surface area contributed by atoms with Gasteiger partial charge in [-0.15, -0.1) is 0 Å². The zero-order valence-corrected chi connectivity index (χ0v) is 19.0. The monoisotopic (exact) mass is 485 g/mol. The molecule has 2 aromatic heterocycles. The van der Waals surface area contributed by atoms with Gasteiger partial charge in [0.2, 0.25) is 5.91 Å². The predicted octanol–water partition coefficient (Wildman–Crippen LogP) is 5.51. The van der Waals surface area contributed by atoms with Crippen LogP contribution < -0.4 is 16.8 Å². The number of amides is 1. The fourth-order valence-electron chi connectivity index (χ4n) is 3.60. The molecule has 0 aliphatic rings. The van der Waals surface area contributed by atoms with Gasteiger partial charge in [-0.05, 0) is 42.8 Å². The second kappa shape index (κ2) is 9.30. The van der Waals surface area contributed by atoms with E-state index >= 15 is 0 Å². The van der Waals surface area contributed by atoms with Crippen LogP contribution >= 0.6 is 11.8 Å². The van der Waals surface area contributed by atoms with E-state index in [4.69, 9.17) is 11.5 Å². The highest BCUT2D eigenvalue weighted by atomic mass is 32.2. The number of aromatic nitrogens is 2. The molecule has 4 rings (SSSR count). The number of hydrogen-bond donors (Lipinski definition) is 3. The number of alkyl halides is 3. The first-order valence-electron chi connectivity index (χ1n) is 10.4. The molecular formula is C24H22F3N5OS. The normalized spacial score (nSPS) is 11.6. The van der Waals surface area contributed by atoms with Gasteiger partial charge >= 0.3 is 6.18 Å². The molecule has 2 heterocycles. The van der Waals surface area contributed by atoms with Crippen molar-refractivity contribution in [2.75, 3.05) is 17.6 Å². The highest BCUT2D eigenvalue weighted by Crippen LogP contribution is 2.36. The molecule has 10 heteroatoms. The second-order valence-electron chi connectivity index (χ2n) is 7.75. The topological polar surface area (TPSA) is 98.4 Å². The second-order valence-corrected chi connectivity index (χ2v) is 8.87. The molecule has 1 amide bonds. The Hall–Kier alpha value is -3.66. The van der Waals surface area contributed by atoms with Gasteiger partial charge < -0.3 is 16.8 Å². The van der Waals surface area contributed by atoms with Crippen LogP contribution in [0, 0.1) is 6.92 Å². The third kappa shape index (κ3) is 5.12. The quantitative estimate of drug-likeness (QED) is 0.300. The van der Waals surface area contributed by atoms with Gasteiger partial charge in [-0.3, -0.25) is 9.20 Å². The molecule has 4 aromatic rings. The van der Waals surface area contributed by atoms with E-state index in [2.05, 4.69) is 10.3 Å². The Labute approximate surface area is 198 Å². The number of primary amides is 1. The van der Waals surface area contributed by atoms with E-state index in [1.54, 1.807) is 37.4 Å². The van der Waals surface area contributed by atoms with E-state index in [1.807, 2.05) is 34.9 Å². The molecule has 0 saturated heterocycles. The fourth-order valence-corrected chi connectivity index (χ4v) is 4.52. The molecule has 0 saturated carbocycles. The number of nitrogen functional groups attached to an aromatic ring is 1. The minimum absolute atomic E-state index is 0.282. The number of nitrogens with zero attached hydrogens (tertiary/aromatic N) is 2. The third-order valence-corrected chi connectivity index (χ3v) is 6.29. The van der Waals surface area contributed by atoms with Crippen molar-refractivity contribution in [2.45, 2.75) is 29.3 Å². The fraction of sp³-hybridized carbons (Fsp3) is 0.167. The number of carbonyl (C=O) groups excluding carboxylic acids is 1. The van der Waals surface area contributed by atoms with E-state index in [9.17, 15) is 18.0 Å². The Bertz CT molecular complexity index is 1370. The Morgan fingerprint density at radius 1 is 1.18 bits per heavy atom. The number of nitrogens with two attached hydrogens (primary N) is 2. The molecule has 0 aliphatic heterocycles. The maximum Gasteiger partial charge on any atom is 0.390 e. The molecule has 176 valence electrons. The van der Waals surface area contributed by atoms with Crippen molar-refractivity contribution < 1.29 is 18.0 Å². The lowest BCUT2D eigenvalue weighted by Crippen LogP contribution is -2.15. The van der Waals surface area contributed by atoms with Crippen LogP contribution in [-0.4, -0.2) is 28.0 Å². The lowest BCUT2D eigenvalue weighted by atomic mass is 10.0. The standard InChI is InChI=1S/C24H22F3N5OS/c1-14-10-15(6-7-17(14)22(29)33)20-12-31-23-19(30-9-8-24(25,26)27)11-16(13-32(20)23)34-21-5-3-2-4-18(21)28/h2-7,10-13,30H,8-9,28H2,1H3,(H2,29,33). The van der Waals surface area contributed by atoms with Crippen LogP contribution in [0.5, 0.6) is 0 Å². The van der Waals surface area contributed by atoms with Crippen molar-refractivity contribution >= 4 is 34.7 Å². The largest absolute Gasteiger partial charge is 0.398 e. The van der Waals surface area contributed by atoms with Crippen LogP contribution in [0.2, 0.25) is 0 Å². The number of anilines is 2. The smallest absolute Gasteiger partial charge is 0.390 e. The number of hydrogen-bond acceptors (Lipinski definition) is 5. The van der Waals surface area contributed by atoms with Gasteiger partial charge in [-0.1, -0.05) is 30.0 Å². The lowest BCUT2D eigenvalue weighted by molar-refractivity contribution is -0.131. The van der Waals surface area contributed by atoms with Crippen molar-refractivity contribution in [3.63, 3.8) is 0 Å². The highest BCUT2D eigenvalue weighted by molar-refractivity contribution is 7.99. The van der Waals surface area contributed by atoms with Crippen LogP contribution in [0.1, 0.15) is 22.3 Å². The van der Waals surface area contributed by atoms with Gasteiger partial charge in [0.05, 0.1) is 24.0 Å². The van der Waals surface area contributed by atoms with Crippen molar-refractivity contribution in [1.82, 2.24) is 9.38 Å². The average molecular weight is 486 g/mol. The van der Waals surface area contributed by atoms with Crippen LogP contribution in [0.15, 0.2) is 70.7 Å². The summed E-state index contributed by atoms with van der Waals surface area (Å²) in [7, 11) is 0. The molecular weight excluding hydrogens is 463 g/mol. The van der Waals surface area contributed by atoms with E-state index in [0.29, 0.717) is 28.1 Å². The molecule has 34 heavy (non-hydrogen) atoms. The molecule has 0 atom stereocenters. The zero-order valence-electron chi connectivity index (χ0n) is 18.2. The lowest BCUT2D eigenvalue weighted by Gasteiger charge is -2.14. The zero-order chi connectivity index (χ0) is 24.5. The number of carbonyl (C=O) groups is 1. The minimum Gasteiger partial charge on any atom is -0.398 e. The van der Waals surface area contributed by atoms with Crippen molar-refractivity contribution in [3.8, 4) is 11.3 Å². The number of benzene rings is 2. The number of fused-ring (bicyclic) bond motifs is 1. The molecule has 5 N–H and O–H groups in total. The van der Waals surface area contributed by atoms with Gasteiger partial charge in [0.25, 0.3) is 0 Å². The summed E-state index contributed by atoms with van der Waals surface area (Å²) < 4.78 is 40.0. The molecule has 0 bridgehead atoms. The molecule has 6 nitrogen and oxygen atoms in total. The summed E-state index contributed by atoms with van der Waals surface area (Å²) in [6, 6.07) is 14.4. The molecule has 0 fully saturated rings. The number of imidazole rings is 1. The maximum absolute atomic E-state index is 12.7. The number of halogens is 3. The predicted molar refractivity (Wildman–Crippen MR) is 128 cm³/mol. The molecule has 0 radical (unpaired) electrons. The molecule has 0 unspecified atom stereocenters. The van der Waals surface area contributed by atoms with E-state index in [-0.39, 0.29) is 6.54 Å². The number of pyridine rings is 1. The van der Waals surface area contributed by atoms with E-state index in [1.165, 1.54) is 11.8 Å². The summed E-state index contributed by atoms with van der Waals surface area (Å²) in [6.45, 7) is 1.51.